The zero-order chi connectivity index (χ0) is 18.0. The molecule has 0 bridgehead atoms. The first-order valence-electron chi connectivity index (χ1n) is 7.12. The molecular formula is C16H12N4O5. The lowest BCUT2D eigenvalue weighted by Crippen LogP contribution is -2.32. The van der Waals surface area contributed by atoms with Crippen molar-refractivity contribution in [3.63, 3.8) is 0 Å². The first kappa shape index (κ1) is 16.1. The van der Waals surface area contributed by atoms with Crippen LogP contribution >= 0.6 is 0 Å². The van der Waals surface area contributed by atoms with E-state index < -0.39 is 16.2 Å². The fourth-order valence-corrected chi connectivity index (χ4v) is 2.31. The Morgan fingerprint density at radius 1 is 1.24 bits per heavy atom. The van der Waals surface area contributed by atoms with Gasteiger partial charge in [-0.3, -0.25) is 14.9 Å². The van der Waals surface area contributed by atoms with Gasteiger partial charge in [0.1, 0.15) is 5.75 Å². The molecule has 0 aliphatic rings. The molecule has 25 heavy (non-hydrogen) atoms. The van der Waals surface area contributed by atoms with Crippen molar-refractivity contribution in [2.24, 2.45) is 5.10 Å². The molecule has 9 heteroatoms. The highest BCUT2D eigenvalue weighted by Gasteiger charge is 2.11. The maximum atomic E-state index is 12.4. The van der Waals surface area contributed by atoms with E-state index in [2.05, 4.69) is 10.1 Å². The SMILES string of the molecule is COc1ccc([N+](=O)[O-])cc1C=Nn1c(=O)[nH]c2ccccc2c1=O. The fourth-order valence-electron chi connectivity index (χ4n) is 2.31. The van der Waals surface area contributed by atoms with Crippen molar-refractivity contribution >= 4 is 22.8 Å². The topological polar surface area (TPSA) is 120 Å². The molecule has 2 aromatic carbocycles. The van der Waals surface area contributed by atoms with Crippen LogP contribution in [0.3, 0.4) is 0 Å². The molecule has 126 valence electrons. The Hall–Kier alpha value is -3.75. The highest BCUT2D eigenvalue weighted by Crippen LogP contribution is 2.22. The second-order valence-electron chi connectivity index (χ2n) is 5.02. The van der Waals surface area contributed by atoms with Crippen LogP contribution in [0.25, 0.3) is 10.9 Å². The molecule has 0 atom stereocenters. The lowest BCUT2D eigenvalue weighted by Gasteiger charge is -2.04. The van der Waals surface area contributed by atoms with E-state index in [-0.39, 0.29) is 11.3 Å². The van der Waals surface area contributed by atoms with Gasteiger partial charge in [0, 0.05) is 17.7 Å². The van der Waals surface area contributed by atoms with Crippen LogP contribution in [0.5, 0.6) is 5.75 Å². The summed E-state index contributed by atoms with van der Waals surface area (Å²) in [5.41, 5.74) is -0.820. The minimum atomic E-state index is -0.718. The van der Waals surface area contributed by atoms with Crippen LogP contribution in [-0.2, 0) is 0 Å². The van der Waals surface area contributed by atoms with Gasteiger partial charge in [-0.2, -0.15) is 5.10 Å². The lowest BCUT2D eigenvalue weighted by molar-refractivity contribution is -0.384. The maximum absolute atomic E-state index is 12.4. The van der Waals surface area contributed by atoms with Gasteiger partial charge in [-0.15, -0.1) is 4.68 Å². The Morgan fingerprint density at radius 3 is 2.72 bits per heavy atom. The van der Waals surface area contributed by atoms with Gasteiger partial charge < -0.3 is 9.72 Å². The van der Waals surface area contributed by atoms with Gasteiger partial charge in [-0.1, -0.05) is 12.1 Å². The number of hydrogen-bond donors (Lipinski definition) is 1. The molecule has 0 fully saturated rings. The van der Waals surface area contributed by atoms with Crippen molar-refractivity contribution in [2.75, 3.05) is 7.11 Å². The van der Waals surface area contributed by atoms with Crippen LogP contribution in [0, 0.1) is 10.1 Å². The standard InChI is InChI=1S/C16H12N4O5/c1-25-14-7-6-11(20(23)24)8-10(14)9-17-19-15(21)12-4-2-3-5-13(12)18-16(19)22/h2-9H,1H3,(H,18,22). The van der Waals surface area contributed by atoms with E-state index in [1.165, 1.54) is 25.3 Å². The predicted octanol–water partition coefficient (Wildman–Crippen LogP) is 1.49. The third kappa shape index (κ3) is 3.02. The van der Waals surface area contributed by atoms with E-state index in [1.807, 2.05) is 0 Å². The van der Waals surface area contributed by atoms with E-state index in [0.29, 0.717) is 21.3 Å². The number of nitro groups is 1. The van der Waals surface area contributed by atoms with Crippen molar-refractivity contribution in [3.8, 4) is 5.75 Å². The molecule has 1 aromatic heterocycles. The molecule has 1 N–H and O–H groups in total. The summed E-state index contributed by atoms with van der Waals surface area (Å²) in [6.45, 7) is 0. The molecular weight excluding hydrogens is 328 g/mol. The van der Waals surface area contributed by atoms with E-state index in [0.717, 1.165) is 6.21 Å². The molecule has 1 heterocycles. The smallest absolute Gasteiger partial charge is 0.349 e. The Morgan fingerprint density at radius 2 is 2.00 bits per heavy atom. The molecule has 0 aliphatic carbocycles. The van der Waals surface area contributed by atoms with Crippen LogP contribution in [0.15, 0.2) is 57.2 Å². The molecule has 0 aliphatic heterocycles. The Labute approximate surface area is 140 Å². The molecule has 0 radical (unpaired) electrons. The van der Waals surface area contributed by atoms with Gasteiger partial charge in [0.05, 0.1) is 29.2 Å². The second-order valence-corrected chi connectivity index (χ2v) is 5.02. The Bertz CT molecular complexity index is 1110. The number of aromatic amines is 1. The number of methoxy groups -OCH3 is 1. The third-order valence-electron chi connectivity index (χ3n) is 3.52. The average molecular weight is 340 g/mol. The number of hydrogen-bond acceptors (Lipinski definition) is 6. The average Bonchev–Trinajstić information content (AvgIpc) is 2.61. The number of para-hydroxylation sites is 1. The highest BCUT2D eigenvalue weighted by atomic mass is 16.6. The van der Waals surface area contributed by atoms with Crippen molar-refractivity contribution in [1.82, 2.24) is 9.66 Å². The monoisotopic (exact) mass is 340 g/mol. The number of nitro benzene ring substituents is 1. The van der Waals surface area contributed by atoms with Gasteiger partial charge >= 0.3 is 5.69 Å². The van der Waals surface area contributed by atoms with Crippen molar-refractivity contribution in [3.05, 3.63) is 79.0 Å². The molecule has 0 saturated heterocycles. The second kappa shape index (κ2) is 6.40. The van der Waals surface area contributed by atoms with Crippen LogP contribution in [0.2, 0.25) is 0 Å². The number of ether oxygens (including phenoxy) is 1. The predicted molar refractivity (Wildman–Crippen MR) is 91.5 cm³/mol. The van der Waals surface area contributed by atoms with Crippen LogP contribution in [-0.4, -0.2) is 27.9 Å². The summed E-state index contributed by atoms with van der Waals surface area (Å²) < 4.78 is 5.77. The molecule has 9 nitrogen and oxygen atoms in total. The fraction of sp³-hybridized carbons (Fsp3) is 0.0625. The van der Waals surface area contributed by atoms with Crippen LogP contribution in [0.1, 0.15) is 5.56 Å². The van der Waals surface area contributed by atoms with Crippen LogP contribution in [0.4, 0.5) is 5.69 Å². The number of nitrogens with one attached hydrogen (secondary N) is 1. The molecule has 3 rings (SSSR count). The molecule has 0 spiro atoms. The van der Waals surface area contributed by atoms with Gasteiger partial charge in [-0.25, -0.2) is 4.79 Å². The summed E-state index contributed by atoms with van der Waals surface area (Å²) in [4.78, 5) is 37.3. The first-order valence-corrected chi connectivity index (χ1v) is 7.12. The van der Waals surface area contributed by atoms with Gasteiger partial charge in [0.2, 0.25) is 0 Å². The zero-order valence-electron chi connectivity index (χ0n) is 13.0. The number of benzene rings is 2. The normalized spacial score (nSPS) is 11.1. The van der Waals surface area contributed by atoms with Crippen molar-refractivity contribution in [1.29, 1.82) is 0 Å². The summed E-state index contributed by atoms with van der Waals surface area (Å²) in [6.07, 6.45) is 1.16. The first-order chi connectivity index (χ1) is 12.0. The number of fused-ring (bicyclic) bond motifs is 1. The van der Waals surface area contributed by atoms with E-state index in [9.17, 15) is 19.7 Å². The number of aromatic nitrogens is 2. The highest BCUT2D eigenvalue weighted by molar-refractivity contribution is 5.84. The maximum Gasteiger partial charge on any atom is 0.349 e. The number of nitrogens with zero attached hydrogens (tertiary/aromatic N) is 3. The van der Waals surface area contributed by atoms with Gasteiger partial charge in [-0.05, 0) is 18.2 Å². The minimum Gasteiger partial charge on any atom is -0.496 e. The zero-order valence-corrected chi connectivity index (χ0v) is 13.0. The van der Waals surface area contributed by atoms with Gasteiger partial charge in [0.25, 0.3) is 11.2 Å². The van der Waals surface area contributed by atoms with E-state index >= 15 is 0 Å². The number of rotatable bonds is 4. The Kier molecular flexibility index (Phi) is 4.12. The summed E-state index contributed by atoms with van der Waals surface area (Å²) >= 11 is 0. The van der Waals surface area contributed by atoms with Gasteiger partial charge in [0.15, 0.2) is 0 Å². The molecule has 3 aromatic rings. The molecule has 0 saturated carbocycles. The number of H-pyrrole nitrogens is 1. The summed E-state index contributed by atoms with van der Waals surface area (Å²) in [7, 11) is 1.40. The third-order valence-corrected chi connectivity index (χ3v) is 3.52. The number of non-ortho nitro benzene ring substituents is 1. The molecule has 0 amide bonds. The summed E-state index contributed by atoms with van der Waals surface area (Å²) in [5.74, 6) is 0.319. The van der Waals surface area contributed by atoms with Crippen molar-refractivity contribution in [2.45, 2.75) is 0 Å². The lowest BCUT2D eigenvalue weighted by atomic mass is 10.2. The quantitative estimate of drug-likeness (QED) is 0.438. The largest absolute Gasteiger partial charge is 0.496 e. The summed E-state index contributed by atoms with van der Waals surface area (Å²) in [6, 6.07) is 10.5. The summed E-state index contributed by atoms with van der Waals surface area (Å²) in [5, 5.41) is 15.1. The minimum absolute atomic E-state index is 0.165. The van der Waals surface area contributed by atoms with Crippen molar-refractivity contribution < 1.29 is 9.66 Å². The van der Waals surface area contributed by atoms with E-state index in [1.54, 1.807) is 24.3 Å². The van der Waals surface area contributed by atoms with E-state index in [4.69, 9.17) is 4.74 Å². The Balaban J connectivity index is 2.13. The van der Waals surface area contributed by atoms with Crippen LogP contribution < -0.4 is 16.0 Å². The molecule has 0 unspecified atom stereocenters.